The maximum Gasteiger partial charge on any atom is 0.254 e. The van der Waals surface area contributed by atoms with Gasteiger partial charge in [0.15, 0.2) is 0 Å². The SMILES string of the molecule is CCCN1CCC(c2c[nH]c3cc(C(=O)N4CCN(C(C)C)CC4)ccc23)CC1. The summed E-state index contributed by atoms with van der Waals surface area (Å²) in [5.41, 5.74) is 3.34. The Bertz CT molecular complexity index is 827. The van der Waals surface area contributed by atoms with Gasteiger partial charge in [-0.25, -0.2) is 0 Å². The molecule has 2 aliphatic rings. The van der Waals surface area contributed by atoms with Gasteiger partial charge < -0.3 is 14.8 Å². The van der Waals surface area contributed by atoms with E-state index in [1.165, 1.54) is 49.8 Å². The van der Waals surface area contributed by atoms with Crippen LogP contribution in [0.5, 0.6) is 0 Å². The van der Waals surface area contributed by atoms with Crippen LogP contribution in [0.2, 0.25) is 0 Å². The topological polar surface area (TPSA) is 42.6 Å². The molecule has 0 aliphatic carbocycles. The lowest BCUT2D eigenvalue weighted by Crippen LogP contribution is -2.50. The van der Waals surface area contributed by atoms with Gasteiger partial charge in [-0.2, -0.15) is 0 Å². The van der Waals surface area contributed by atoms with E-state index in [2.05, 4.69) is 53.9 Å². The van der Waals surface area contributed by atoms with Gasteiger partial charge >= 0.3 is 0 Å². The molecule has 29 heavy (non-hydrogen) atoms. The second-order valence-electron chi connectivity index (χ2n) is 9.04. The molecule has 2 fully saturated rings. The van der Waals surface area contributed by atoms with Crippen LogP contribution in [0.1, 0.15) is 61.9 Å². The fraction of sp³-hybridized carbons (Fsp3) is 0.625. The number of nitrogens with zero attached hydrogens (tertiary/aromatic N) is 3. The second-order valence-corrected chi connectivity index (χ2v) is 9.04. The number of piperidine rings is 1. The minimum Gasteiger partial charge on any atom is -0.361 e. The van der Waals surface area contributed by atoms with Gasteiger partial charge in [0.2, 0.25) is 0 Å². The highest BCUT2D eigenvalue weighted by Crippen LogP contribution is 2.33. The molecular formula is C24H36N4O. The van der Waals surface area contributed by atoms with Gasteiger partial charge in [0, 0.05) is 54.9 Å². The third-order valence-corrected chi connectivity index (χ3v) is 6.86. The van der Waals surface area contributed by atoms with E-state index in [1.54, 1.807) is 0 Å². The summed E-state index contributed by atoms with van der Waals surface area (Å²) in [5.74, 6) is 0.793. The van der Waals surface area contributed by atoms with Crippen LogP contribution in [0.3, 0.4) is 0 Å². The molecule has 0 spiro atoms. The molecule has 1 aromatic carbocycles. The van der Waals surface area contributed by atoms with Crippen molar-refractivity contribution in [3.8, 4) is 0 Å². The van der Waals surface area contributed by atoms with Crippen molar-refractivity contribution in [1.82, 2.24) is 19.7 Å². The Morgan fingerprint density at radius 1 is 1.10 bits per heavy atom. The number of fused-ring (bicyclic) bond motifs is 1. The van der Waals surface area contributed by atoms with Crippen molar-refractivity contribution in [3.05, 3.63) is 35.5 Å². The Labute approximate surface area is 175 Å². The number of likely N-dealkylation sites (tertiary alicyclic amines) is 1. The molecular weight excluding hydrogens is 360 g/mol. The molecule has 1 amide bonds. The molecule has 0 saturated carbocycles. The number of nitrogens with one attached hydrogen (secondary N) is 1. The Morgan fingerprint density at radius 2 is 1.83 bits per heavy atom. The van der Waals surface area contributed by atoms with Gasteiger partial charge in [-0.05, 0) is 76.4 Å². The summed E-state index contributed by atoms with van der Waals surface area (Å²) in [6.45, 7) is 13.9. The molecule has 0 bridgehead atoms. The largest absolute Gasteiger partial charge is 0.361 e. The lowest BCUT2D eigenvalue weighted by molar-refractivity contribution is 0.0595. The van der Waals surface area contributed by atoms with Crippen LogP contribution in [0.4, 0.5) is 0 Å². The zero-order valence-corrected chi connectivity index (χ0v) is 18.3. The van der Waals surface area contributed by atoms with Crippen LogP contribution in [0.15, 0.2) is 24.4 Å². The van der Waals surface area contributed by atoms with Gasteiger partial charge in [0.05, 0.1) is 0 Å². The van der Waals surface area contributed by atoms with E-state index in [1.807, 2.05) is 11.0 Å². The molecule has 2 saturated heterocycles. The number of piperazine rings is 1. The molecule has 2 aliphatic heterocycles. The second kappa shape index (κ2) is 8.88. The standard InChI is InChI=1S/C24H36N4O/c1-4-9-26-10-7-19(8-11-26)22-17-25-23-16-20(5-6-21(22)23)24(29)28-14-12-27(13-15-28)18(2)3/h5-6,16-19,25H,4,7-15H2,1-3H3. The number of H-pyrrole nitrogens is 1. The Hall–Kier alpha value is -1.85. The predicted octanol–water partition coefficient (Wildman–Crippen LogP) is 3.92. The highest BCUT2D eigenvalue weighted by atomic mass is 16.2. The number of hydrogen-bond acceptors (Lipinski definition) is 3. The van der Waals surface area contributed by atoms with Gasteiger partial charge in [-0.15, -0.1) is 0 Å². The summed E-state index contributed by atoms with van der Waals surface area (Å²) in [6.07, 6.45) is 5.88. The van der Waals surface area contributed by atoms with Crippen LogP contribution in [-0.2, 0) is 0 Å². The summed E-state index contributed by atoms with van der Waals surface area (Å²) in [5, 5.41) is 1.29. The van der Waals surface area contributed by atoms with Crippen molar-refractivity contribution in [2.75, 3.05) is 45.8 Å². The molecule has 1 aromatic heterocycles. The molecule has 158 valence electrons. The third-order valence-electron chi connectivity index (χ3n) is 6.86. The number of carbonyl (C=O) groups excluding carboxylic acids is 1. The van der Waals surface area contributed by atoms with E-state index in [4.69, 9.17) is 0 Å². The first-order chi connectivity index (χ1) is 14.1. The van der Waals surface area contributed by atoms with Crippen molar-refractivity contribution < 1.29 is 4.79 Å². The number of aromatic amines is 1. The van der Waals surface area contributed by atoms with E-state index in [0.717, 1.165) is 37.3 Å². The summed E-state index contributed by atoms with van der Waals surface area (Å²) < 4.78 is 0. The zero-order chi connectivity index (χ0) is 20.4. The molecule has 3 heterocycles. The molecule has 5 nitrogen and oxygen atoms in total. The van der Waals surface area contributed by atoms with Crippen molar-refractivity contribution in [1.29, 1.82) is 0 Å². The molecule has 0 atom stereocenters. The highest BCUT2D eigenvalue weighted by molar-refractivity contribution is 5.98. The van der Waals surface area contributed by atoms with Gasteiger partial charge in [-0.3, -0.25) is 9.69 Å². The minimum atomic E-state index is 0.166. The van der Waals surface area contributed by atoms with Crippen LogP contribution in [0.25, 0.3) is 10.9 Å². The first kappa shape index (κ1) is 20.4. The fourth-order valence-electron chi connectivity index (χ4n) is 5.03. The number of hydrogen-bond donors (Lipinski definition) is 1. The number of aromatic nitrogens is 1. The van der Waals surface area contributed by atoms with Gasteiger partial charge in [0.25, 0.3) is 5.91 Å². The van der Waals surface area contributed by atoms with Crippen LogP contribution >= 0.6 is 0 Å². The number of rotatable bonds is 5. The maximum absolute atomic E-state index is 13.0. The van der Waals surface area contributed by atoms with E-state index in [0.29, 0.717) is 12.0 Å². The quantitative estimate of drug-likeness (QED) is 0.833. The monoisotopic (exact) mass is 396 g/mol. The summed E-state index contributed by atoms with van der Waals surface area (Å²) in [7, 11) is 0. The maximum atomic E-state index is 13.0. The average Bonchev–Trinajstić information content (AvgIpc) is 3.17. The van der Waals surface area contributed by atoms with E-state index < -0.39 is 0 Å². The average molecular weight is 397 g/mol. The molecule has 4 rings (SSSR count). The fourth-order valence-corrected chi connectivity index (χ4v) is 5.03. The van der Waals surface area contributed by atoms with E-state index in [9.17, 15) is 4.79 Å². The Balaban J connectivity index is 1.44. The Kier molecular flexibility index (Phi) is 6.26. The zero-order valence-electron chi connectivity index (χ0n) is 18.3. The number of amides is 1. The first-order valence-electron chi connectivity index (χ1n) is 11.4. The molecule has 5 heteroatoms. The van der Waals surface area contributed by atoms with Crippen LogP contribution in [0, 0.1) is 0 Å². The lowest BCUT2D eigenvalue weighted by Gasteiger charge is -2.37. The van der Waals surface area contributed by atoms with Crippen LogP contribution in [-0.4, -0.2) is 77.4 Å². The van der Waals surface area contributed by atoms with Crippen molar-refractivity contribution in [3.63, 3.8) is 0 Å². The smallest absolute Gasteiger partial charge is 0.254 e. The number of benzene rings is 1. The highest BCUT2D eigenvalue weighted by Gasteiger charge is 2.25. The van der Waals surface area contributed by atoms with Crippen molar-refractivity contribution in [2.45, 2.75) is 52.0 Å². The van der Waals surface area contributed by atoms with Crippen LogP contribution < -0.4 is 0 Å². The van der Waals surface area contributed by atoms with Gasteiger partial charge in [0.1, 0.15) is 0 Å². The van der Waals surface area contributed by atoms with Gasteiger partial charge in [-0.1, -0.05) is 13.0 Å². The first-order valence-corrected chi connectivity index (χ1v) is 11.4. The molecule has 0 radical (unpaired) electrons. The normalized spacial score (nSPS) is 20.1. The van der Waals surface area contributed by atoms with Crippen molar-refractivity contribution in [2.24, 2.45) is 0 Å². The molecule has 2 aromatic rings. The molecule has 1 N–H and O–H groups in total. The summed E-state index contributed by atoms with van der Waals surface area (Å²) in [6, 6.07) is 6.80. The Morgan fingerprint density at radius 3 is 2.48 bits per heavy atom. The van der Waals surface area contributed by atoms with E-state index >= 15 is 0 Å². The predicted molar refractivity (Wildman–Crippen MR) is 120 cm³/mol. The van der Waals surface area contributed by atoms with Crippen molar-refractivity contribution >= 4 is 16.8 Å². The molecule has 0 unspecified atom stereocenters. The minimum absolute atomic E-state index is 0.166. The summed E-state index contributed by atoms with van der Waals surface area (Å²) in [4.78, 5) is 23.5. The summed E-state index contributed by atoms with van der Waals surface area (Å²) >= 11 is 0. The van der Waals surface area contributed by atoms with E-state index in [-0.39, 0.29) is 5.91 Å². The lowest BCUT2D eigenvalue weighted by atomic mass is 9.89. The number of carbonyl (C=O) groups is 1. The third kappa shape index (κ3) is 4.36.